The Balaban J connectivity index is 4.27. The molecule has 0 aliphatic rings. The molecular formula is C12H26BrNO. The third-order valence-electron chi connectivity index (χ3n) is 2.68. The summed E-state index contributed by atoms with van der Waals surface area (Å²) in [6.07, 6.45) is 2.08. The van der Waals surface area contributed by atoms with Crippen LogP contribution >= 0.6 is 15.9 Å². The normalized spacial score (nSPS) is 14.2. The van der Waals surface area contributed by atoms with E-state index in [4.69, 9.17) is 0 Å². The van der Waals surface area contributed by atoms with E-state index in [0.29, 0.717) is 17.3 Å². The molecule has 0 saturated carbocycles. The zero-order valence-corrected chi connectivity index (χ0v) is 12.1. The van der Waals surface area contributed by atoms with Crippen LogP contribution in [-0.4, -0.2) is 40.6 Å². The monoisotopic (exact) mass is 279 g/mol. The first-order valence-corrected chi connectivity index (χ1v) is 7.15. The average Bonchev–Trinajstić information content (AvgIpc) is 2.18. The fraction of sp³-hybridized carbons (Fsp3) is 1.00. The highest BCUT2D eigenvalue weighted by atomic mass is 79.9. The first-order valence-electron chi connectivity index (χ1n) is 6.03. The fourth-order valence-corrected chi connectivity index (χ4v) is 2.17. The topological polar surface area (TPSA) is 23.5 Å². The van der Waals surface area contributed by atoms with Gasteiger partial charge in [-0.15, -0.1) is 0 Å². The Morgan fingerprint density at radius 3 is 2.00 bits per heavy atom. The maximum absolute atomic E-state index is 9.69. The van der Waals surface area contributed by atoms with Crippen LogP contribution in [0.5, 0.6) is 0 Å². The second-order valence-corrected chi connectivity index (χ2v) is 5.27. The molecule has 0 aromatic heterocycles. The van der Waals surface area contributed by atoms with Crippen LogP contribution in [0.1, 0.15) is 40.5 Å². The molecule has 2 nitrogen and oxygen atoms in total. The Morgan fingerprint density at radius 2 is 1.67 bits per heavy atom. The molecule has 0 fully saturated rings. The van der Waals surface area contributed by atoms with Crippen molar-refractivity contribution in [3.05, 3.63) is 0 Å². The molecule has 0 aliphatic heterocycles. The molecule has 1 atom stereocenters. The van der Waals surface area contributed by atoms with Gasteiger partial charge in [-0.2, -0.15) is 0 Å². The van der Waals surface area contributed by atoms with Crippen molar-refractivity contribution in [3.8, 4) is 0 Å². The molecule has 0 amide bonds. The molecule has 0 aliphatic carbocycles. The van der Waals surface area contributed by atoms with Crippen molar-refractivity contribution in [1.29, 1.82) is 0 Å². The van der Waals surface area contributed by atoms with Gasteiger partial charge in [0.05, 0.1) is 6.10 Å². The zero-order chi connectivity index (χ0) is 11.8. The van der Waals surface area contributed by atoms with E-state index >= 15 is 0 Å². The zero-order valence-electron chi connectivity index (χ0n) is 10.5. The second kappa shape index (κ2) is 8.54. The number of alkyl halides is 1. The fourth-order valence-electron chi connectivity index (χ4n) is 1.97. The Labute approximate surface area is 103 Å². The molecule has 1 N–H and O–H groups in total. The van der Waals surface area contributed by atoms with Gasteiger partial charge >= 0.3 is 0 Å². The summed E-state index contributed by atoms with van der Waals surface area (Å²) in [6, 6.07) is 0.612. The Morgan fingerprint density at radius 1 is 1.13 bits per heavy atom. The minimum atomic E-state index is -0.246. The molecule has 0 aromatic carbocycles. The van der Waals surface area contributed by atoms with E-state index in [-0.39, 0.29) is 6.10 Å². The lowest BCUT2D eigenvalue weighted by Crippen LogP contribution is -2.42. The lowest BCUT2D eigenvalue weighted by molar-refractivity contribution is 0.0882. The molecule has 1 unspecified atom stereocenters. The maximum Gasteiger partial charge on any atom is 0.0763 e. The highest BCUT2D eigenvalue weighted by Crippen LogP contribution is 2.12. The quantitative estimate of drug-likeness (QED) is 0.691. The molecule has 0 radical (unpaired) electrons. The van der Waals surface area contributed by atoms with Gasteiger partial charge < -0.3 is 5.11 Å². The van der Waals surface area contributed by atoms with Crippen molar-refractivity contribution < 1.29 is 5.11 Å². The second-order valence-electron chi connectivity index (χ2n) is 4.63. The van der Waals surface area contributed by atoms with Gasteiger partial charge in [-0.3, -0.25) is 4.90 Å². The van der Waals surface area contributed by atoms with Gasteiger partial charge in [-0.1, -0.05) is 43.6 Å². The third-order valence-corrected chi connectivity index (χ3v) is 3.43. The van der Waals surface area contributed by atoms with Crippen LogP contribution in [-0.2, 0) is 0 Å². The summed E-state index contributed by atoms with van der Waals surface area (Å²) < 4.78 is 0. The summed E-state index contributed by atoms with van der Waals surface area (Å²) in [5.74, 6) is 0.660. The molecule has 15 heavy (non-hydrogen) atoms. The lowest BCUT2D eigenvalue weighted by Gasteiger charge is -2.33. The maximum atomic E-state index is 9.69. The van der Waals surface area contributed by atoms with Crippen LogP contribution in [0.15, 0.2) is 0 Å². The van der Waals surface area contributed by atoms with Crippen LogP contribution in [0.3, 0.4) is 0 Å². The molecule has 0 aromatic rings. The summed E-state index contributed by atoms with van der Waals surface area (Å²) >= 11 is 3.33. The first kappa shape index (κ1) is 15.4. The van der Waals surface area contributed by atoms with Crippen molar-refractivity contribution >= 4 is 15.9 Å². The molecule has 0 saturated heterocycles. The van der Waals surface area contributed by atoms with E-state index < -0.39 is 0 Å². The van der Waals surface area contributed by atoms with Crippen LogP contribution in [0, 0.1) is 5.92 Å². The summed E-state index contributed by atoms with van der Waals surface area (Å²) in [7, 11) is 0. The van der Waals surface area contributed by atoms with Gasteiger partial charge in [0.1, 0.15) is 0 Å². The van der Waals surface area contributed by atoms with Crippen molar-refractivity contribution in [2.24, 2.45) is 5.92 Å². The SMILES string of the molecule is CCC(CC)N(CC(C)C)CC(O)CBr. The van der Waals surface area contributed by atoms with E-state index in [1.54, 1.807) is 0 Å². The Kier molecular flexibility index (Phi) is 8.77. The molecule has 92 valence electrons. The predicted octanol–water partition coefficient (Wildman–Crippen LogP) is 2.89. The van der Waals surface area contributed by atoms with Gasteiger partial charge in [0.25, 0.3) is 0 Å². The van der Waals surface area contributed by atoms with Crippen molar-refractivity contribution in [2.45, 2.75) is 52.7 Å². The first-order chi connectivity index (χ1) is 7.04. The van der Waals surface area contributed by atoms with Crippen LogP contribution in [0.2, 0.25) is 0 Å². The summed E-state index contributed by atoms with van der Waals surface area (Å²) in [5.41, 5.74) is 0. The predicted molar refractivity (Wildman–Crippen MR) is 70.6 cm³/mol. The smallest absolute Gasteiger partial charge is 0.0763 e. The standard InChI is InChI=1S/C12H26BrNO/c1-5-11(6-2)14(8-10(3)4)9-12(15)7-13/h10-12,15H,5-9H2,1-4H3. The van der Waals surface area contributed by atoms with Crippen molar-refractivity contribution in [3.63, 3.8) is 0 Å². The van der Waals surface area contributed by atoms with Gasteiger partial charge in [0.15, 0.2) is 0 Å². The number of halogens is 1. The van der Waals surface area contributed by atoms with Gasteiger partial charge in [-0.25, -0.2) is 0 Å². The largest absolute Gasteiger partial charge is 0.391 e. The molecular weight excluding hydrogens is 254 g/mol. The number of rotatable bonds is 8. The number of hydrogen-bond donors (Lipinski definition) is 1. The molecule has 3 heteroatoms. The highest BCUT2D eigenvalue weighted by Gasteiger charge is 2.18. The Bertz CT molecular complexity index is 149. The van der Waals surface area contributed by atoms with Gasteiger partial charge in [0, 0.05) is 24.5 Å². The van der Waals surface area contributed by atoms with Crippen LogP contribution in [0.25, 0.3) is 0 Å². The third kappa shape index (κ3) is 6.54. The molecule has 0 spiro atoms. The van der Waals surface area contributed by atoms with Crippen molar-refractivity contribution in [2.75, 3.05) is 18.4 Å². The number of aliphatic hydroxyl groups is 1. The van der Waals surface area contributed by atoms with E-state index in [0.717, 1.165) is 25.9 Å². The molecule has 0 heterocycles. The minimum absolute atomic E-state index is 0.246. The van der Waals surface area contributed by atoms with Gasteiger partial charge in [-0.05, 0) is 18.8 Å². The Hall–Kier alpha value is 0.400. The number of aliphatic hydroxyl groups excluding tert-OH is 1. The number of hydrogen-bond acceptors (Lipinski definition) is 2. The summed E-state index contributed by atoms with van der Waals surface area (Å²) in [5, 5.41) is 10.4. The van der Waals surface area contributed by atoms with E-state index in [2.05, 4.69) is 48.5 Å². The van der Waals surface area contributed by atoms with E-state index in [9.17, 15) is 5.11 Å². The van der Waals surface area contributed by atoms with Crippen LogP contribution < -0.4 is 0 Å². The minimum Gasteiger partial charge on any atom is -0.391 e. The van der Waals surface area contributed by atoms with Crippen LogP contribution in [0.4, 0.5) is 0 Å². The summed E-state index contributed by atoms with van der Waals surface area (Å²) in [4.78, 5) is 2.43. The van der Waals surface area contributed by atoms with Crippen molar-refractivity contribution in [1.82, 2.24) is 4.90 Å². The highest BCUT2D eigenvalue weighted by molar-refractivity contribution is 9.09. The lowest BCUT2D eigenvalue weighted by atomic mass is 10.1. The van der Waals surface area contributed by atoms with E-state index in [1.807, 2.05) is 0 Å². The van der Waals surface area contributed by atoms with E-state index in [1.165, 1.54) is 0 Å². The number of nitrogens with zero attached hydrogens (tertiary/aromatic N) is 1. The molecule has 0 rings (SSSR count). The summed E-state index contributed by atoms with van der Waals surface area (Å²) in [6.45, 7) is 10.8. The average molecular weight is 280 g/mol. The molecule has 0 bridgehead atoms. The van der Waals surface area contributed by atoms with Gasteiger partial charge in [0.2, 0.25) is 0 Å².